The minimum Gasteiger partial charge on any atom is -0.456 e. The third-order valence-electron chi connectivity index (χ3n) is 9.78. The fourth-order valence-electron chi connectivity index (χ4n) is 7.38. The molecule has 1 unspecified atom stereocenters. The van der Waals surface area contributed by atoms with Crippen LogP contribution in [0.15, 0.2) is 165 Å². The van der Waals surface area contributed by atoms with E-state index in [0.717, 1.165) is 77.5 Å². The second-order valence-electron chi connectivity index (χ2n) is 12.9. The molecule has 0 spiro atoms. The zero-order valence-corrected chi connectivity index (χ0v) is 28.3. The maximum absolute atomic E-state index is 6.92. The lowest BCUT2D eigenvalue weighted by Gasteiger charge is -2.18. The third-order valence-corrected chi connectivity index (χ3v) is 11.0. The van der Waals surface area contributed by atoms with Crippen LogP contribution >= 0.6 is 11.3 Å². The molecule has 3 heterocycles. The summed E-state index contributed by atoms with van der Waals surface area (Å²) in [6.07, 6.45) is -0.451. The first-order valence-corrected chi connectivity index (χ1v) is 17.9. The molecule has 10 aromatic rings. The van der Waals surface area contributed by atoms with Gasteiger partial charge in [0.2, 0.25) is 0 Å². The molecule has 0 saturated carbocycles. The Labute approximate surface area is 297 Å². The summed E-state index contributed by atoms with van der Waals surface area (Å²) in [7, 11) is 0. The van der Waals surface area contributed by atoms with Crippen LogP contribution in [0.5, 0.6) is 0 Å². The van der Waals surface area contributed by atoms with Crippen LogP contribution in [0, 0.1) is 0 Å². The molecule has 7 aromatic carbocycles. The fraction of sp³-hybridized carbons (Fsp3) is 0.0444. The number of aliphatic imine (C=N–C) groups is 1. The van der Waals surface area contributed by atoms with Crippen molar-refractivity contribution in [1.29, 1.82) is 0 Å². The van der Waals surface area contributed by atoms with Gasteiger partial charge >= 0.3 is 0 Å². The normalized spacial score (nSPS) is 12.9. The van der Waals surface area contributed by atoms with Crippen LogP contribution in [0.4, 0.5) is 0 Å². The monoisotopic (exact) mass is 677 g/mol. The molecule has 0 radical (unpaired) electrons. The lowest BCUT2D eigenvalue weighted by Crippen LogP contribution is -2.35. The van der Waals surface area contributed by atoms with E-state index in [4.69, 9.17) is 19.6 Å². The predicted octanol–water partition coefficient (Wildman–Crippen LogP) is 11.7. The number of furan rings is 2. The largest absolute Gasteiger partial charge is 0.456 e. The van der Waals surface area contributed by atoms with Gasteiger partial charge in [-0.05, 0) is 35.4 Å². The summed E-state index contributed by atoms with van der Waals surface area (Å²) in [6.45, 7) is 0.454. The van der Waals surface area contributed by atoms with Crippen LogP contribution in [-0.2, 0) is 6.54 Å². The van der Waals surface area contributed by atoms with Gasteiger partial charge in [0.25, 0.3) is 0 Å². The summed E-state index contributed by atoms with van der Waals surface area (Å²) < 4.78 is 15.4. The second kappa shape index (κ2) is 12.0. The average Bonchev–Trinajstić information content (AvgIpc) is 3.87. The Bertz CT molecular complexity index is 2950. The summed E-state index contributed by atoms with van der Waals surface area (Å²) in [5.41, 5.74) is 15.5. The molecule has 3 N–H and O–H groups in total. The van der Waals surface area contributed by atoms with Gasteiger partial charge in [0.15, 0.2) is 0 Å². The van der Waals surface area contributed by atoms with Gasteiger partial charge in [-0.1, -0.05) is 127 Å². The van der Waals surface area contributed by atoms with Gasteiger partial charge in [0.1, 0.15) is 34.3 Å². The highest BCUT2D eigenvalue weighted by atomic mass is 32.1. The van der Waals surface area contributed by atoms with Crippen LogP contribution in [0.2, 0.25) is 0 Å². The van der Waals surface area contributed by atoms with Crippen LogP contribution in [-0.4, -0.2) is 5.84 Å². The van der Waals surface area contributed by atoms with Crippen molar-refractivity contribution in [3.63, 3.8) is 0 Å². The number of nitrogens with zero attached hydrogens (tertiary/aromatic N) is 1. The molecule has 0 aliphatic carbocycles. The van der Waals surface area contributed by atoms with E-state index in [-0.39, 0.29) is 0 Å². The van der Waals surface area contributed by atoms with Gasteiger partial charge < -0.3 is 19.9 Å². The number of rotatable bonds is 6. The standard InChI is InChI=1S/C45H31N3O2S/c46-44(36-19-9-18-34-30-14-5-7-22-40(30)51-43(34)36)48-45(28-11-2-1-3-12-28)47-26-27-23-24-35-39(25-27)49-38-21-10-15-31(41(35)38)33-17-8-16-32-29-13-4-6-20-37(29)50-42(32)33/h1-25,44H,26,46H2,(H,47,48). The highest BCUT2D eigenvalue weighted by Gasteiger charge is 2.19. The van der Waals surface area contributed by atoms with E-state index in [0.29, 0.717) is 6.54 Å². The van der Waals surface area contributed by atoms with Crippen LogP contribution < -0.4 is 11.1 Å². The number of hydrogen-bond acceptors (Lipinski definition) is 5. The number of benzene rings is 7. The van der Waals surface area contributed by atoms with E-state index in [2.05, 4.69) is 115 Å². The van der Waals surface area contributed by atoms with Gasteiger partial charge in [0.05, 0.1) is 6.54 Å². The van der Waals surface area contributed by atoms with E-state index in [1.54, 1.807) is 11.3 Å². The third kappa shape index (κ3) is 4.99. The minimum absolute atomic E-state index is 0.451. The van der Waals surface area contributed by atoms with Gasteiger partial charge in [-0.3, -0.25) is 4.99 Å². The second-order valence-corrected chi connectivity index (χ2v) is 13.9. The van der Waals surface area contributed by atoms with Crippen LogP contribution in [0.1, 0.15) is 22.9 Å². The Hall–Kier alpha value is -6.21. The smallest absolute Gasteiger partial charge is 0.143 e. The van der Waals surface area contributed by atoms with Crippen molar-refractivity contribution in [3.05, 3.63) is 168 Å². The number of nitrogens with one attached hydrogen (secondary N) is 1. The zero-order chi connectivity index (χ0) is 33.9. The molecule has 244 valence electrons. The van der Waals surface area contributed by atoms with Gasteiger partial charge in [-0.25, -0.2) is 0 Å². The number of nitrogens with two attached hydrogens (primary N) is 1. The number of thiophene rings is 1. The molecule has 3 aromatic heterocycles. The molecular formula is C45H31N3O2S. The Morgan fingerprint density at radius 3 is 2.25 bits per heavy atom. The molecule has 6 heteroatoms. The number of fused-ring (bicyclic) bond motifs is 9. The van der Waals surface area contributed by atoms with E-state index in [9.17, 15) is 0 Å². The molecule has 1 atom stereocenters. The summed E-state index contributed by atoms with van der Waals surface area (Å²) in [5.74, 6) is 0.743. The Balaban J connectivity index is 1.01. The lowest BCUT2D eigenvalue weighted by molar-refractivity contribution is 0.667. The molecule has 0 aliphatic heterocycles. The van der Waals surface area contributed by atoms with Crippen molar-refractivity contribution < 1.29 is 8.83 Å². The molecule has 0 saturated heterocycles. The van der Waals surface area contributed by atoms with Gasteiger partial charge in [-0.2, -0.15) is 0 Å². The van der Waals surface area contributed by atoms with Gasteiger partial charge in [0, 0.05) is 58.4 Å². The van der Waals surface area contributed by atoms with Gasteiger partial charge in [-0.15, -0.1) is 11.3 Å². The topological polar surface area (TPSA) is 76.7 Å². The first-order chi connectivity index (χ1) is 25.2. The average molecular weight is 678 g/mol. The maximum Gasteiger partial charge on any atom is 0.143 e. The zero-order valence-electron chi connectivity index (χ0n) is 27.5. The molecule has 51 heavy (non-hydrogen) atoms. The first-order valence-electron chi connectivity index (χ1n) is 17.1. The van der Waals surface area contributed by atoms with E-state index >= 15 is 0 Å². The molecule has 0 bridgehead atoms. The SMILES string of the molecule is NC(NC(=NCc1ccc2c(c1)oc1cccc(-c3cccc4c3oc3ccccc34)c12)c1ccccc1)c1cccc2c1sc1ccccc12. The molecular weight excluding hydrogens is 647 g/mol. The summed E-state index contributed by atoms with van der Waals surface area (Å²) in [5, 5.41) is 10.4. The number of para-hydroxylation sites is 2. The van der Waals surface area contributed by atoms with Crippen molar-refractivity contribution >= 4 is 81.2 Å². The lowest BCUT2D eigenvalue weighted by atomic mass is 9.97. The van der Waals surface area contributed by atoms with Crippen LogP contribution in [0.25, 0.3) is 75.2 Å². The van der Waals surface area contributed by atoms with Crippen molar-refractivity contribution in [2.24, 2.45) is 10.7 Å². The highest BCUT2D eigenvalue weighted by molar-refractivity contribution is 7.26. The van der Waals surface area contributed by atoms with E-state index in [1.165, 1.54) is 20.2 Å². The maximum atomic E-state index is 6.92. The Kier molecular flexibility index (Phi) is 6.98. The van der Waals surface area contributed by atoms with E-state index < -0.39 is 6.17 Å². The summed E-state index contributed by atoms with van der Waals surface area (Å²) >= 11 is 1.78. The quantitative estimate of drug-likeness (QED) is 0.104. The molecule has 10 rings (SSSR count). The molecule has 5 nitrogen and oxygen atoms in total. The fourth-order valence-corrected chi connectivity index (χ4v) is 8.63. The van der Waals surface area contributed by atoms with Crippen molar-refractivity contribution in [1.82, 2.24) is 5.32 Å². The number of hydrogen-bond donors (Lipinski definition) is 2. The van der Waals surface area contributed by atoms with Crippen molar-refractivity contribution in [2.45, 2.75) is 12.7 Å². The minimum atomic E-state index is -0.451. The van der Waals surface area contributed by atoms with Crippen molar-refractivity contribution in [2.75, 3.05) is 0 Å². The number of amidine groups is 1. The summed E-state index contributed by atoms with van der Waals surface area (Å²) in [4.78, 5) is 5.11. The molecule has 0 amide bonds. The highest BCUT2D eigenvalue weighted by Crippen LogP contribution is 2.42. The van der Waals surface area contributed by atoms with Crippen LogP contribution in [0.3, 0.4) is 0 Å². The Morgan fingerprint density at radius 1 is 0.608 bits per heavy atom. The predicted molar refractivity (Wildman–Crippen MR) is 213 cm³/mol. The van der Waals surface area contributed by atoms with Crippen molar-refractivity contribution in [3.8, 4) is 11.1 Å². The first kappa shape index (κ1) is 29.7. The Morgan fingerprint density at radius 2 is 1.33 bits per heavy atom. The molecule has 0 fully saturated rings. The molecule has 0 aliphatic rings. The van der Waals surface area contributed by atoms with E-state index in [1.807, 2.05) is 42.5 Å². The summed E-state index contributed by atoms with van der Waals surface area (Å²) in [6, 6.07) is 52.2.